The van der Waals surface area contributed by atoms with Gasteiger partial charge in [-0.05, 0) is 11.5 Å². The molecule has 0 amide bonds. The highest BCUT2D eigenvalue weighted by Crippen LogP contribution is 2.22. The van der Waals surface area contributed by atoms with E-state index in [0.29, 0.717) is 5.39 Å². The maximum Gasteiger partial charge on any atom is 0.261 e. The molecule has 2 rings (SSSR count). The quantitative estimate of drug-likeness (QED) is 0.798. The van der Waals surface area contributed by atoms with Crippen LogP contribution in [0.5, 0.6) is 0 Å². The second kappa shape index (κ2) is 6.93. The summed E-state index contributed by atoms with van der Waals surface area (Å²) in [6.07, 6.45) is -2.56. The Balaban J connectivity index is 2.08. The van der Waals surface area contributed by atoms with Gasteiger partial charge in [0.2, 0.25) is 10.0 Å². The second-order valence-corrected chi connectivity index (χ2v) is 6.08. The number of hydrogen-bond acceptors (Lipinski definition) is 3. The molecule has 0 bridgehead atoms. The van der Waals surface area contributed by atoms with Gasteiger partial charge < -0.3 is 4.74 Å². The number of hydrogen-bond donors (Lipinski definition) is 1. The molecule has 114 valence electrons. The van der Waals surface area contributed by atoms with Crippen molar-refractivity contribution >= 4 is 20.8 Å². The van der Waals surface area contributed by atoms with Crippen LogP contribution in [0, 0.1) is 0 Å². The summed E-state index contributed by atoms with van der Waals surface area (Å²) in [4.78, 5) is 0.162. The first kappa shape index (κ1) is 15.8. The fourth-order valence-electron chi connectivity index (χ4n) is 1.93. The van der Waals surface area contributed by atoms with Gasteiger partial charge in [-0.2, -0.15) is 0 Å². The van der Waals surface area contributed by atoms with E-state index in [1.54, 1.807) is 18.2 Å². The lowest BCUT2D eigenvalue weighted by Crippen LogP contribution is -2.28. The van der Waals surface area contributed by atoms with Gasteiger partial charge in [-0.1, -0.05) is 36.4 Å². The lowest BCUT2D eigenvalue weighted by atomic mass is 10.1. The molecule has 2 aromatic carbocycles. The number of ether oxygens (including phenoxy) is 1. The number of nitrogens with one attached hydrogen (secondary N) is 1. The average molecular weight is 315 g/mol. The van der Waals surface area contributed by atoms with Crippen molar-refractivity contribution in [1.82, 2.24) is 4.72 Å². The van der Waals surface area contributed by atoms with Crippen LogP contribution in [0.2, 0.25) is 0 Å². The van der Waals surface area contributed by atoms with Gasteiger partial charge in [0.05, 0.1) is 11.5 Å². The third-order valence-electron chi connectivity index (χ3n) is 2.82. The standard InChI is InChI=1S/C14H15F2NO3S/c15-14(16)10-20-9-8-17-21(18,19)13-7-3-5-11-4-1-2-6-12(11)13/h1-7,14,17H,8-10H2. The lowest BCUT2D eigenvalue weighted by Gasteiger charge is -2.09. The Morgan fingerprint density at radius 3 is 2.57 bits per heavy atom. The van der Waals surface area contributed by atoms with E-state index in [0.717, 1.165) is 5.39 Å². The minimum absolute atomic E-state index is 0.0573. The molecule has 21 heavy (non-hydrogen) atoms. The fraction of sp³-hybridized carbons (Fsp3) is 0.286. The van der Waals surface area contributed by atoms with E-state index in [1.165, 1.54) is 6.07 Å². The van der Waals surface area contributed by atoms with Crippen LogP contribution in [0.25, 0.3) is 10.8 Å². The van der Waals surface area contributed by atoms with Gasteiger partial charge in [0.25, 0.3) is 6.43 Å². The first-order valence-corrected chi connectivity index (χ1v) is 7.82. The van der Waals surface area contributed by atoms with Crippen molar-refractivity contribution in [2.45, 2.75) is 11.3 Å². The Kier molecular flexibility index (Phi) is 5.22. The topological polar surface area (TPSA) is 55.4 Å². The normalized spacial score (nSPS) is 12.1. The highest BCUT2D eigenvalue weighted by molar-refractivity contribution is 7.89. The molecule has 0 spiro atoms. The smallest absolute Gasteiger partial charge is 0.261 e. The van der Waals surface area contributed by atoms with Crippen molar-refractivity contribution in [3.8, 4) is 0 Å². The number of fused-ring (bicyclic) bond motifs is 1. The highest BCUT2D eigenvalue weighted by Gasteiger charge is 2.16. The third kappa shape index (κ3) is 4.20. The summed E-state index contributed by atoms with van der Waals surface area (Å²) in [5.41, 5.74) is 0. The zero-order valence-corrected chi connectivity index (χ0v) is 11.9. The number of alkyl halides is 2. The Morgan fingerprint density at radius 2 is 1.81 bits per heavy atom. The summed E-state index contributed by atoms with van der Waals surface area (Å²) < 4.78 is 55.2. The average Bonchev–Trinajstić information content (AvgIpc) is 2.46. The second-order valence-electron chi connectivity index (χ2n) is 4.34. The molecular weight excluding hydrogens is 300 g/mol. The molecule has 0 saturated heterocycles. The third-order valence-corrected chi connectivity index (χ3v) is 4.34. The molecule has 0 aliphatic rings. The van der Waals surface area contributed by atoms with Crippen LogP contribution in [-0.2, 0) is 14.8 Å². The van der Waals surface area contributed by atoms with E-state index in [4.69, 9.17) is 0 Å². The summed E-state index contributed by atoms with van der Waals surface area (Å²) in [6, 6.07) is 12.1. The van der Waals surface area contributed by atoms with Crippen LogP contribution >= 0.6 is 0 Å². The number of halogens is 2. The Hall–Kier alpha value is -1.57. The summed E-state index contributed by atoms with van der Waals surface area (Å²) in [7, 11) is -3.71. The van der Waals surface area contributed by atoms with Crippen molar-refractivity contribution in [2.75, 3.05) is 19.8 Å². The van der Waals surface area contributed by atoms with E-state index in [9.17, 15) is 17.2 Å². The van der Waals surface area contributed by atoms with Gasteiger partial charge in [-0.15, -0.1) is 0 Å². The fourth-order valence-corrected chi connectivity index (χ4v) is 3.17. The van der Waals surface area contributed by atoms with Crippen molar-refractivity contribution in [3.63, 3.8) is 0 Å². The first-order valence-electron chi connectivity index (χ1n) is 6.34. The maximum absolute atomic E-state index is 12.2. The van der Waals surface area contributed by atoms with Crippen molar-refractivity contribution < 1.29 is 21.9 Å². The Morgan fingerprint density at radius 1 is 1.10 bits per heavy atom. The van der Waals surface area contributed by atoms with Crippen LogP contribution in [-0.4, -0.2) is 34.6 Å². The SMILES string of the molecule is O=S(=O)(NCCOCC(F)F)c1cccc2ccccc12. The van der Waals surface area contributed by atoms with Crippen LogP contribution in [0.4, 0.5) is 8.78 Å². The van der Waals surface area contributed by atoms with Gasteiger partial charge >= 0.3 is 0 Å². The lowest BCUT2D eigenvalue weighted by molar-refractivity contribution is 0.0199. The first-order chi connectivity index (χ1) is 10.0. The molecule has 1 N–H and O–H groups in total. The maximum atomic E-state index is 12.2. The number of sulfonamides is 1. The van der Waals surface area contributed by atoms with Gasteiger partial charge in [-0.25, -0.2) is 21.9 Å². The van der Waals surface area contributed by atoms with Crippen molar-refractivity contribution in [2.24, 2.45) is 0 Å². The molecule has 0 aromatic heterocycles. The molecule has 0 unspecified atom stereocenters. The molecule has 0 aliphatic carbocycles. The molecule has 2 aromatic rings. The van der Waals surface area contributed by atoms with Crippen LogP contribution < -0.4 is 4.72 Å². The monoisotopic (exact) mass is 315 g/mol. The minimum atomic E-state index is -3.71. The van der Waals surface area contributed by atoms with E-state index in [2.05, 4.69) is 9.46 Å². The largest absolute Gasteiger partial charge is 0.374 e. The Labute approximate surface area is 121 Å². The van der Waals surface area contributed by atoms with Crippen molar-refractivity contribution in [1.29, 1.82) is 0 Å². The van der Waals surface area contributed by atoms with E-state index in [-0.39, 0.29) is 18.0 Å². The van der Waals surface area contributed by atoms with Crippen LogP contribution in [0.1, 0.15) is 0 Å². The summed E-state index contributed by atoms with van der Waals surface area (Å²) in [5, 5.41) is 1.43. The van der Waals surface area contributed by atoms with Gasteiger partial charge in [0, 0.05) is 11.9 Å². The molecule has 0 saturated carbocycles. The number of benzene rings is 2. The molecule has 0 radical (unpaired) electrons. The van der Waals surface area contributed by atoms with Gasteiger partial charge in [-0.3, -0.25) is 0 Å². The molecule has 7 heteroatoms. The molecule has 4 nitrogen and oxygen atoms in total. The summed E-state index contributed by atoms with van der Waals surface area (Å²) in [5.74, 6) is 0. The molecule has 0 atom stereocenters. The minimum Gasteiger partial charge on any atom is -0.374 e. The van der Waals surface area contributed by atoms with Crippen LogP contribution in [0.15, 0.2) is 47.4 Å². The molecule has 0 fully saturated rings. The zero-order chi connectivity index (χ0) is 15.3. The summed E-state index contributed by atoms with van der Waals surface area (Å²) in [6.45, 7) is -0.859. The molecule has 0 heterocycles. The van der Waals surface area contributed by atoms with Crippen molar-refractivity contribution in [3.05, 3.63) is 42.5 Å². The summed E-state index contributed by atoms with van der Waals surface area (Å²) >= 11 is 0. The highest BCUT2D eigenvalue weighted by atomic mass is 32.2. The predicted molar refractivity (Wildman–Crippen MR) is 76.0 cm³/mol. The van der Waals surface area contributed by atoms with Gasteiger partial charge in [0.1, 0.15) is 6.61 Å². The van der Waals surface area contributed by atoms with E-state index < -0.39 is 23.1 Å². The van der Waals surface area contributed by atoms with Gasteiger partial charge in [0.15, 0.2) is 0 Å². The van der Waals surface area contributed by atoms with E-state index in [1.807, 2.05) is 18.2 Å². The zero-order valence-electron chi connectivity index (χ0n) is 11.1. The molecular formula is C14H15F2NO3S. The number of rotatable bonds is 7. The van der Waals surface area contributed by atoms with Crippen LogP contribution in [0.3, 0.4) is 0 Å². The van der Waals surface area contributed by atoms with E-state index >= 15 is 0 Å². The Bertz CT molecular complexity index is 699. The predicted octanol–water partition coefficient (Wildman–Crippen LogP) is 2.40. The molecule has 0 aliphatic heterocycles.